The third-order valence-electron chi connectivity index (χ3n) is 3.14. The van der Waals surface area contributed by atoms with Gasteiger partial charge in [-0.25, -0.2) is 4.79 Å². The molecule has 104 valence electrons. The van der Waals surface area contributed by atoms with Crippen molar-refractivity contribution < 1.29 is 14.3 Å². The molecule has 1 amide bonds. The van der Waals surface area contributed by atoms with Gasteiger partial charge in [-0.15, -0.1) is 11.3 Å². The van der Waals surface area contributed by atoms with Crippen LogP contribution < -0.4 is 16.0 Å². The number of carbonyl (C=O) groups is 2. The fourth-order valence-electron chi connectivity index (χ4n) is 2.16. The summed E-state index contributed by atoms with van der Waals surface area (Å²) in [6.45, 7) is 1.76. The van der Waals surface area contributed by atoms with Crippen molar-refractivity contribution in [1.82, 2.24) is 5.32 Å². The molecule has 1 aliphatic heterocycles. The molecule has 0 aromatic carbocycles. The zero-order valence-electron chi connectivity index (χ0n) is 11.0. The summed E-state index contributed by atoms with van der Waals surface area (Å²) in [5, 5.41) is 3.32. The van der Waals surface area contributed by atoms with E-state index in [1.807, 2.05) is 0 Å². The molecule has 0 atom stereocenters. The van der Waals surface area contributed by atoms with Gasteiger partial charge in [-0.2, -0.15) is 0 Å². The van der Waals surface area contributed by atoms with Crippen LogP contribution in [0.4, 0.5) is 10.7 Å². The summed E-state index contributed by atoms with van der Waals surface area (Å²) < 4.78 is 4.70. The Hall–Kier alpha value is -1.76. The molecular formula is C12H17N3O3S. The van der Waals surface area contributed by atoms with Crippen LogP contribution in [0.2, 0.25) is 0 Å². The smallest absolute Gasteiger partial charge is 0.350 e. The molecule has 2 heterocycles. The SMILES string of the molecule is CNC(=O)c1c(N2CCCC2)sc(C(=O)OC)c1N. The third-order valence-corrected chi connectivity index (χ3v) is 4.39. The maximum Gasteiger partial charge on any atom is 0.350 e. The van der Waals surface area contributed by atoms with Gasteiger partial charge in [-0.1, -0.05) is 0 Å². The number of nitrogens with one attached hydrogen (secondary N) is 1. The first-order chi connectivity index (χ1) is 9.10. The highest BCUT2D eigenvalue weighted by atomic mass is 32.1. The number of ether oxygens (including phenoxy) is 1. The maximum absolute atomic E-state index is 12.0. The Morgan fingerprint density at radius 3 is 2.53 bits per heavy atom. The Labute approximate surface area is 115 Å². The molecule has 0 aliphatic carbocycles. The summed E-state index contributed by atoms with van der Waals surface area (Å²) in [7, 11) is 2.85. The summed E-state index contributed by atoms with van der Waals surface area (Å²) in [5.74, 6) is -0.774. The van der Waals surface area contributed by atoms with Gasteiger partial charge in [0, 0.05) is 20.1 Å². The van der Waals surface area contributed by atoms with Crippen molar-refractivity contribution in [3.05, 3.63) is 10.4 Å². The number of hydrogen-bond donors (Lipinski definition) is 2. The Morgan fingerprint density at radius 2 is 2.00 bits per heavy atom. The molecule has 1 saturated heterocycles. The van der Waals surface area contributed by atoms with Crippen LogP contribution in [-0.2, 0) is 4.74 Å². The van der Waals surface area contributed by atoms with Gasteiger partial charge in [0.2, 0.25) is 0 Å². The molecule has 2 rings (SSSR count). The molecule has 0 saturated carbocycles. The lowest BCUT2D eigenvalue weighted by molar-refractivity contribution is 0.0607. The molecule has 0 bridgehead atoms. The van der Waals surface area contributed by atoms with Crippen LogP contribution in [0.25, 0.3) is 0 Å². The summed E-state index contributed by atoms with van der Waals surface area (Å²) in [5.41, 5.74) is 6.54. The van der Waals surface area contributed by atoms with E-state index in [1.165, 1.54) is 18.4 Å². The molecule has 19 heavy (non-hydrogen) atoms. The average molecular weight is 283 g/mol. The molecule has 1 aromatic heterocycles. The van der Waals surface area contributed by atoms with Crippen LogP contribution in [0.3, 0.4) is 0 Å². The second-order valence-corrected chi connectivity index (χ2v) is 5.29. The highest BCUT2D eigenvalue weighted by Gasteiger charge is 2.29. The number of amides is 1. The van der Waals surface area contributed by atoms with Gasteiger partial charge < -0.3 is 20.7 Å². The van der Waals surface area contributed by atoms with Crippen molar-refractivity contribution in [3.63, 3.8) is 0 Å². The second-order valence-electron chi connectivity index (χ2n) is 4.29. The number of nitrogens with zero attached hydrogens (tertiary/aromatic N) is 1. The van der Waals surface area contributed by atoms with E-state index in [9.17, 15) is 9.59 Å². The molecule has 1 fully saturated rings. The number of methoxy groups -OCH3 is 1. The Kier molecular flexibility index (Phi) is 3.94. The summed E-state index contributed by atoms with van der Waals surface area (Å²) in [6, 6.07) is 0. The number of thiophene rings is 1. The zero-order valence-corrected chi connectivity index (χ0v) is 11.8. The number of carbonyl (C=O) groups excluding carboxylic acids is 2. The zero-order chi connectivity index (χ0) is 14.0. The highest BCUT2D eigenvalue weighted by molar-refractivity contribution is 7.19. The number of rotatable bonds is 3. The topological polar surface area (TPSA) is 84.7 Å². The largest absolute Gasteiger partial charge is 0.465 e. The minimum atomic E-state index is -0.502. The van der Waals surface area contributed by atoms with Gasteiger partial charge in [0.25, 0.3) is 5.91 Å². The predicted molar refractivity (Wildman–Crippen MR) is 74.9 cm³/mol. The average Bonchev–Trinajstić information content (AvgIpc) is 3.04. The van der Waals surface area contributed by atoms with Gasteiger partial charge in [0.1, 0.15) is 9.88 Å². The van der Waals surface area contributed by atoms with Crippen molar-refractivity contribution >= 4 is 33.9 Å². The van der Waals surface area contributed by atoms with E-state index in [1.54, 1.807) is 7.05 Å². The molecule has 6 nitrogen and oxygen atoms in total. The van der Waals surface area contributed by atoms with Crippen molar-refractivity contribution in [3.8, 4) is 0 Å². The quantitative estimate of drug-likeness (QED) is 0.811. The lowest BCUT2D eigenvalue weighted by Gasteiger charge is -2.16. The van der Waals surface area contributed by atoms with E-state index in [-0.39, 0.29) is 11.6 Å². The van der Waals surface area contributed by atoms with Gasteiger partial charge >= 0.3 is 5.97 Å². The molecule has 7 heteroatoms. The van der Waals surface area contributed by atoms with Crippen molar-refractivity contribution in [1.29, 1.82) is 0 Å². The lowest BCUT2D eigenvalue weighted by Crippen LogP contribution is -2.24. The van der Waals surface area contributed by atoms with E-state index in [0.29, 0.717) is 10.4 Å². The molecule has 0 spiro atoms. The van der Waals surface area contributed by atoms with Crippen molar-refractivity contribution in [2.45, 2.75) is 12.8 Å². The Balaban J connectivity index is 2.50. The van der Waals surface area contributed by atoms with Crippen molar-refractivity contribution in [2.24, 2.45) is 0 Å². The minimum Gasteiger partial charge on any atom is -0.465 e. The number of anilines is 2. The standard InChI is InChI=1S/C12H17N3O3S/c1-14-10(16)7-8(13)9(12(17)18-2)19-11(7)15-5-3-4-6-15/h3-6,13H2,1-2H3,(H,14,16). The molecule has 3 N–H and O–H groups in total. The fourth-order valence-corrected chi connectivity index (χ4v) is 3.35. The summed E-state index contributed by atoms with van der Waals surface area (Å²) in [6.07, 6.45) is 2.16. The predicted octanol–water partition coefficient (Wildman–Crippen LogP) is 1.08. The van der Waals surface area contributed by atoms with Crippen LogP contribution in [0.15, 0.2) is 0 Å². The van der Waals surface area contributed by atoms with Gasteiger partial charge in [-0.3, -0.25) is 4.79 Å². The van der Waals surface area contributed by atoms with Crippen LogP contribution in [0.1, 0.15) is 32.9 Å². The van der Waals surface area contributed by atoms with E-state index < -0.39 is 5.97 Å². The third kappa shape index (κ3) is 2.37. The van der Waals surface area contributed by atoms with Crippen molar-refractivity contribution in [2.75, 3.05) is 37.9 Å². The molecule has 1 aliphatic rings. The molecule has 1 aromatic rings. The minimum absolute atomic E-state index is 0.207. The van der Waals surface area contributed by atoms with E-state index in [2.05, 4.69) is 10.2 Å². The lowest BCUT2D eigenvalue weighted by atomic mass is 10.2. The first kappa shape index (κ1) is 13.7. The number of nitrogen functional groups attached to an aromatic ring is 1. The second kappa shape index (κ2) is 5.48. The van der Waals surface area contributed by atoms with Crippen LogP contribution in [0, 0.1) is 0 Å². The fraction of sp³-hybridized carbons (Fsp3) is 0.500. The molecule has 0 radical (unpaired) electrons. The summed E-state index contributed by atoms with van der Waals surface area (Å²) in [4.78, 5) is 26.0. The number of hydrogen-bond acceptors (Lipinski definition) is 6. The van der Waals surface area contributed by atoms with E-state index >= 15 is 0 Å². The number of esters is 1. The van der Waals surface area contributed by atoms with Gasteiger partial charge in [-0.05, 0) is 12.8 Å². The van der Waals surface area contributed by atoms with Crippen LogP contribution in [0.5, 0.6) is 0 Å². The Bertz CT molecular complexity index is 507. The first-order valence-electron chi connectivity index (χ1n) is 6.07. The number of nitrogens with two attached hydrogens (primary N) is 1. The van der Waals surface area contributed by atoms with Crippen LogP contribution in [-0.4, -0.2) is 39.1 Å². The maximum atomic E-state index is 12.0. The molecular weight excluding hydrogens is 266 g/mol. The van der Waals surface area contributed by atoms with E-state index in [4.69, 9.17) is 10.5 Å². The monoisotopic (exact) mass is 283 g/mol. The van der Waals surface area contributed by atoms with Gasteiger partial charge in [0.15, 0.2) is 0 Å². The first-order valence-corrected chi connectivity index (χ1v) is 6.89. The normalized spacial score (nSPS) is 14.5. The van der Waals surface area contributed by atoms with Crippen LogP contribution >= 0.6 is 11.3 Å². The summed E-state index contributed by atoms with van der Waals surface area (Å²) >= 11 is 1.23. The van der Waals surface area contributed by atoms with Gasteiger partial charge in [0.05, 0.1) is 18.4 Å². The molecule has 0 unspecified atom stereocenters. The van der Waals surface area contributed by atoms with E-state index in [0.717, 1.165) is 30.9 Å². The Morgan fingerprint density at radius 1 is 1.37 bits per heavy atom. The highest BCUT2D eigenvalue weighted by Crippen LogP contribution is 2.39.